The van der Waals surface area contributed by atoms with Gasteiger partial charge in [0.15, 0.2) is 0 Å². The van der Waals surface area contributed by atoms with E-state index in [0.717, 1.165) is 11.3 Å². The van der Waals surface area contributed by atoms with Gasteiger partial charge >= 0.3 is 5.97 Å². The molecule has 1 aliphatic rings. The SMILES string of the molecule is COC(=O)c1sccc1NC(=O)C1(C)Oc2ccc(Cl)cc2NC1=O. The number of esters is 1. The average Bonchev–Trinajstić information content (AvgIpc) is 3.03. The van der Waals surface area contributed by atoms with Crippen LogP contribution in [0, 0.1) is 0 Å². The Labute approximate surface area is 151 Å². The molecule has 130 valence electrons. The lowest BCUT2D eigenvalue weighted by Crippen LogP contribution is -2.56. The van der Waals surface area contributed by atoms with Crippen LogP contribution in [-0.4, -0.2) is 30.5 Å². The van der Waals surface area contributed by atoms with E-state index >= 15 is 0 Å². The summed E-state index contributed by atoms with van der Waals surface area (Å²) in [6.07, 6.45) is 0. The highest BCUT2D eigenvalue weighted by atomic mass is 35.5. The lowest BCUT2D eigenvalue weighted by molar-refractivity contribution is -0.143. The molecule has 0 spiro atoms. The molecule has 7 nitrogen and oxygen atoms in total. The first-order chi connectivity index (χ1) is 11.8. The number of fused-ring (bicyclic) bond motifs is 1. The molecular weight excluding hydrogens is 368 g/mol. The Bertz CT molecular complexity index is 881. The maximum atomic E-state index is 12.7. The van der Waals surface area contributed by atoms with Crippen molar-refractivity contribution in [3.8, 4) is 5.75 Å². The van der Waals surface area contributed by atoms with Crippen LogP contribution >= 0.6 is 22.9 Å². The number of hydrogen-bond acceptors (Lipinski definition) is 6. The van der Waals surface area contributed by atoms with Crippen molar-refractivity contribution in [1.29, 1.82) is 0 Å². The Hall–Kier alpha value is -2.58. The number of rotatable bonds is 3. The summed E-state index contributed by atoms with van der Waals surface area (Å²) >= 11 is 7.00. The number of ether oxygens (including phenoxy) is 2. The monoisotopic (exact) mass is 380 g/mol. The summed E-state index contributed by atoms with van der Waals surface area (Å²) in [6, 6.07) is 6.23. The number of anilines is 2. The van der Waals surface area contributed by atoms with Gasteiger partial charge in [0, 0.05) is 5.02 Å². The Morgan fingerprint density at radius 3 is 2.84 bits per heavy atom. The molecule has 0 radical (unpaired) electrons. The van der Waals surface area contributed by atoms with Crippen molar-refractivity contribution in [1.82, 2.24) is 0 Å². The van der Waals surface area contributed by atoms with Gasteiger partial charge in [0.05, 0.1) is 18.5 Å². The van der Waals surface area contributed by atoms with Crippen molar-refractivity contribution in [2.75, 3.05) is 17.7 Å². The Kier molecular flexibility index (Phi) is 4.40. The summed E-state index contributed by atoms with van der Waals surface area (Å²) in [6.45, 7) is 1.35. The topological polar surface area (TPSA) is 93.7 Å². The van der Waals surface area contributed by atoms with Crippen molar-refractivity contribution < 1.29 is 23.9 Å². The molecule has 2 heterocycles. The number of amides is 2. The molecule has 0 saturated heterocycles. The highest BCUT2D eigenvalue weighted by molar-refractivity contribution is 7.12. The van der Waals surface area contributed by atoms with Crippen molar-refractivity contribution >= 4 is 52.1 Å². The van der Waals surface area contributed by atoms with Gasteiger partial charge in [-0.25, -0.2) is 4.79 Å². The van der Waals surface area contributed by atoms with E-state index in [2.05, 4.69) is 15.4 Å². The normalized spacial score (nSPS) is 18.6. The first kappa shape index (κ1) is 17.2. The lowest BCUT2D eigenvalue weighted by Gasteiger charge is -2.33. The number of thiophene rings is 1. The van der Waals surface area contributed by atoms with Gasteiger partial charge in [0.1, 0.15) is 10.6 Å². The van der Waals surface area contributed by atoms with Crippen LogP contribution in [0.1, 0.15) is 16.6 Å². The van der Waals surface area contributed by atoms with E-state index in [9.17, 15) is 14.4 Å². The number of hydrogen-bond donors (Lipinski definition) is 2. The third-order valence-electron chi connectivity index (χ3n) is 3.65. The quantitative estimate of drug-likeness (QED) is 0.630. The molecule has 2 amide bonds. The van der Waals surface area contributed by atoms with Crippen LogP contribution < -0.4 is 15.4 Å². The average molecular weight is 381 g/mol. The molecule has 9 heteroatoms. The highest BCUT2D eigenvalue weighted by Crippen LogP contribution is 2.36. The smallest absolute Gasteiger partial charge is 0.350 e. The van der Waals surface area contributed by atoms with Crippen molar-refractivity contribution in [2.24, 2.45) is 0 Å². The highest BCUT2D eigenvalue weighted by Gasteiger charge is 2.47. The Balaban J connectivity index is 1.87. The van der Waals surface area contributed by atoms with Crippen molar-refractivity contribution in [3.05, 3.63) is 39.5 Å². The number of benzene rings is 1. The van der Waals surface area contributed by atoms with Gasteiger partial charge in [-0.3, -0.25) is 9.59 Å². The van der Waals surface area contributed by atoms with Gasteiger partial charge in [-0.1, -0.05) is 11.6 Å². The molecule has 2 aromatic rings. The van der Waals surface area contributed by atoms with Crippen LogP contribution in [0.5, 0.6) is 5.75 Å². The fourth-order valence-electron chi connectivity index (χ4n) is 2.25. The van der Waals surface area contributed by atoms with E-state index in [1.165, 1.54) is 20.1 Å². The molecule has 1 aliphatic heterocycles. The van der Waals surface area contributed by atoms with Crippen molar-refractivity contribution in [3.63, 3.8) is 0 Å². The Morgan fingerprint density at radius 1 is 1.36 bits per heavy atom. The molecule has 0 saturated carbocycles. The molecule has 1 aromatic heterocycles. The lowest BCUT2D eigenvalue weighted by atomic mass is 10.0. The third kappa shape index (κ3) is 3.06. The zero-order valence-corrected chi connectivity index (χ0v) is 14.8. The summed E-state index contributed by atoms with van der Waals surface area (Å²) in [7, 11) is 1.24. The molecule has 0 bridgehead atoms. The minimum Gasteiger partial charge on any atom is -0.466 e. The van der Waals surface area contributed by atoms with Gasteiger partial charge in [-0.05, 0) is 36.6 Å². The van der Waals surface area contributed by atoms with E-state index in [4.69, 9.17) is 16.3 Å². The van der Waals surface area contributed by atoms with Gasteiger partial charge in [-0.15, -0.1) is 11.3 Å². The standard InChI is InChI=1S/C16H13ClN2O5S/c1-16(14(21)18-9-5-6-25-12(9)13(20)23-2)15(22)19-10-7-8(17)3-4-11(10)24-16/h3-7H,1-2H3,(H,18,21)(H,19,22). The third-order valence-corrected chi connectivity index (χ3v) is 4.78. The summed E-state index contributed by atoms with van der Waals surface area (Å²) in [5.74, 6) is -1.62. The van der Waals surface area contributed by atoms with Crippen molar-refractivity contribution in [2.45, 2.75) is 12.5 Å². The van der Waals surface area contributed by atoms with Gasteiger partial charge in [-0.2, -0.15) is 0 Å². The van der Waals surface area contributed by atoms with E-state index < -0.39 is 23.4 Å². The number of halogens is 1. The Morgan fingerprint density at radius 2 is 2.12 bits per heavy atom. The zero-order chi connectivity index (χ0) is 18.2. The van der Waals surface area contributed by atoms with Gasteiger partial charge in [0.2, 0.25) is 0 Å². The van der Waals surface area contributed by atoms with Gasteiger partial charge < -0.3 is 20.1 Å². The molecule has 0 fully saturated rings. The van der Waals surface area contributed by atoms with E-state index in [-0.39, 0.29) is 10.6 Å². The first-order valence-corrected chi connectivity index (χ1v) is 8.38. The number of carbonyl (C=O) groups is 3. The molecule has 1 unspecified atom stereocenters. The van der Waals surface area contributed by atoms with Crippen LogP contribution in [0.15, 0.2) is 29.6 Å². The van der Waals surface area contributed by atoms with E-state index in [1.807, 2.05) is 0 Å². The van der Waals surface area contributed by atoms with Crippen LogP contribution in [0.2, 0.25) is 5.02 Å². The molecule has 25 heavy (non-hydrogen) atoms. The van der Waals surface area contributed by atoms with E-state index in [1.54, 1.807) is 23.6 Å². The minimum absolute atomic E-state index is 0.225. The van der Waals surface area contributed by atoms with Crippen LogP contribution in [0.4, 0.5) is 11.4 Å². The second-order valence-corrected chi connectivity index (χ2v) is 6.69. The molecule has 3 rings (SSSR count). The fraction of sp³-hybridized carbons (Fsp3) is 0.188. The molecule has 0 aliphatic carbocycles. The predicted molar refractivity (Wildman–Crippen MR) is 93.4 cm³/mol. The molecule has 1 aromatic carbocycles. The number of methoxy groups -OCH3 is 1. The summed E-state index contributed by atoms with van der Waals surface area (Å²) < 4.78 is 10.3. The minimum atomic E-state index is -1.81. The summed E-state index contributed by atoms with van der Waals surface area (Å²) in [5.41, 5.74) is -1.18. The first-order valence-electron chi connectivity index (χ1n) is 7.12. The zero-order valence-electron chi connectivity index (χ0n) is 13.2. The largest absolute Gasteiger partial charge is 0.466 e. The van der Waals surface area contributed by atoms with Crippen LogP contribution in [-0.2, 0) is 14.3 Å². The molecular formula is C16H13ClN2O5S. The second kappa shape index (κ2) is 6.38. The molecule has 2 N–H and O–H groups in total. The number of nitrogens with one attached hydrogen (secondary N) is 2. The maximum Gasteiger partial charge on any atom is 0.350 e. The van der Waals surface area contributed by atoms with E-state index in [0.29, 0.717) is 16.5 Å². The van der Waals surface area contributed by atoms with Crippen LogP contribution in [0.3, 0.4) is 0 Å². The van der Waals surface area contributed by atoms with Crippen LogP contribution in [0.25, 0.3) is 0 Å². The molecule has 1 atom stereocenters. The second-order valence-electron chi connectivity index (χ2n) is 5.34. The van der Waals surface area contributed by atoms with Gasteiger partial charge in [0.25, 0.3) is 17.4 Å². The predicted octanol–water partition coefficient (Wildman–Crippen LogP) is 2.92. The summed E-state index contributed by atoms with van der Waals surface area (Å²) in [4.78, 5) is 37.0. The summed E-state index contributed by atoms with van der Waals surface area (Å²) in [5, 5.41) is 7.21. The maximum absolute atomic E-state index is 12.7. The fourth-order valence-corrected chi connectivity index (χ4v) is 3.18. The number of carbonyl (C=O) groups excluding carboxylic acids is 3.